The second-order valence-electron chi connectivity index (χ2n) is 7.68. The summed E-state index contributed by atoms with van der Waals surface area (Å²) in [5, 5.41) is 6.96. The van der Waals surface area contributed by atoms with Gasteiger partial charge in [-0.3, -0.25) is 9.79 Å². The van der Waals surface area contributed by atoms with E-state index >= 15 is 0 Å². The van der Waals surface area contributed by atoms with Crippen LogP contribution in [0.4, 0.5) is 4.39 Å². The van der Waals surface area contributed by atoms with Gasteiger partial charge < -0.3 is 15.5 Å². The van der Waals surface area contributed by atoms with Gasteiger partial charge >= 0.3 is 0 Å². The van der Waals surface area contributed by atoms with Gasteiger partial charge in [-0.25, -0.2) is 4.39 Å². The molecule has 0 atom stereocenters. The third-order valence-electron chi connectivity index (χ3n) is 4.65. The lowest BCUT2D eigenvalue weighted by Crippen LogP contribution is -2.43. The SMILES string of the molecule is CN=C(NCc1ccc(C(=O)N(C)C)cc1)NCC(C)(C)c1ccc(F)cc1Cl. The first-order valence-electron chi connectivity index (χ1n) is 9.34. The van der Waals surface area contributed by atoms with Gasteiger partial charge in [0.25, 0.3) is 5.91 Å². The molecule has 2 aromatic rings. The fourth-order valence-corrected chi connectivity index (χ4v) is 3.29. The summed E-state index contributed by atoms with van der Waals surface area (Å²) in [5.74, 6) is 0.270. The van der Waals surface area contributed by atoms with E-state index in [4.69, 9.17) is 11.6 Å². The summed E-state index contributed by atoms with van der Waals surface area (Å²) >= 11 is 6.22. The zero-order valence-electron chi connectivity index (χ0n) is 17.5. The smallest absolute Gasteiger partial charge is 0.253 e. The maximum Gasteiger partial charge on any atom is 0.253 e. The Balaban J connectivity index is 1.94. The molecule has 2 rings (SSSR count). The van der Waals surface area contributed by atoms with Gasteiger partial charge in [-0.1, -0.05) is 43.6 Å². The fourth-order valence-electron chi connectivity index (χ4n) is 2.87. The highest BCUT2D eigenvalue weighted by Crippen LogP contribution is 2.29. The molecule has 0 aliphatic heterocycles. The highest BCUT2D eigenvalue weighted by molar-refractivity contribution is 6.31. The van der Waals surface area contributed by atoms with Crippen molar-refractivity contribution in [3.8, 4) is 0 Å². The van der Waals surface area contributed by atoms with Crippen molar-refractivity contribution in [1.29, 1.82) is 0 Å². The van der Waals surface area contributed by atoms with E-state index in [1.54, 1.807) is 32.1 Å². The molecule has 2 N–H and O–H groups in total. The lowest BCUT2D eigenvalue weighted by Gasteiger charge is -2.27. The van der Waals surface area contributed by atoms with E-state index in [0.29, 0.717) is 29.6 Å². The normalized spacial score (nSPS) is 11.9. The molecule has 29 heavy (non-hydrogen) atoms. The number of amides is 1. The van der Waals surface area contributed by atoms with Gasteiger partial charge in [0.05, 0.1) is 0 Å². The molecule has 0 aromatic heterocycles. The third-order valence-corrected chi connectivity index (χ3v) is 4.96. The van der Waals surface area contributed by atoms with Crippen molar-refractivity contribution < 1.29 is 9.18 Å². The van der Waals surface area contributed by atoms with Gasteiger partial charge in [0.2, 0.25) is 0 Å². The van der Waals surface area contributed by atoms with Crippen LogP contribution in [0.5, 0.6) is 0 Å². The summed E-state index contributed by atoms with van der Waals surface area (Å²) in [6.07, 6.45) is 0. The summed E-state index contributed by atoms with van der Waals surface area (Å²) in [6.45, 7) is 5.20. The van der Waals surface area contributed by atoms with Crippen LogP contribution in [0.3, 0.4) is 0 Å². The Kier molecular flexibility index (Phi) is 7.62. The Morgan fingerprint density at radius 3 is 2.34 bits per heavy atom. The van der Waals surface area contributed by atoms with Crippen LogP contribution in [0.15, 0.2) is 47.5 Å². The van der Waals surface area contributed by atoms with Crippen LogP contribution in [0, 0.1) is 5.82 Å². The molecule has 0 aliphatic rings. The molecule has 1 amide bonds. The van der Waals surface area contributed by atoms with Gasteiger partial charge in [0, 0.05) is 50.2 Å². The monoisotopic (exact) mass is 418 g/mol. The van der Waals surface area contributed by atoms with E-state index in [0.717, 1.165) is 11.1 Å². The number of hydrogen-bond acceptors (Lipinski definition) is 2. The van der Waals surface area contributed by atoms with Crippen LogP contribution < -0.4 is 10.6 Å². The quantitative estimate of drug-likeness (QED) is 0.553. The second-order valence-corrected chi connectivity index (χ2v) is 8.09. The van der Waals surface area contributed by atoms with Gasteiger partial charge in [-0.2, -0.15) is 0 Å². The molecule has 156 valence electrons. The summed E-state index contributed by atoms with van der Waals surface area (Å²) in [7, 11) is 5.16. The fraction of sp³-hybridized carbons (Fsp3) is 0.364. The molecule has 0 radical (unpaired) electrons. The number of aliphatic imine (C=N–C) groups is 1. The Morgan fingerprint density at radius 2 is 1.79 bits per heavy atom. The Bertz CT molecular complexity index is 879. The molecule has 0 bridgehead atoms. The highest BCUT2D eigenvalue weighted by Gasteiger charge is 2.24. The first kappa shape index (κ1) is 22.7. The molecule has 7 heteroatoms. The van der Waals surface area contributed by atoms with Gasteiger partial charge in [-0.05, 0) is 35.4 Å². The number of halogens is 2. The number of benzene rings is 2. The van der Waals surface area contributed by atoms with E-state index in [2.05, 4.69) is 15.6 Å². The average Bonchev–Trinajstić information content (AvgIpc) is 2.67. The number of guanidine groups is 1. The molecule has 0 spiro atoms. The Hall–Kier alpha value is -2.60. The minimum absolute atomic E-state index is 0.0244. The number of nitrogens with one attached hydrogen (secondary N) is 2. The molecule has 0 saturated carbocycles. The standard InChI is InChI=1S/C22H28ClFN4O/c1-22(2,18-11-10-17(24)12-19(18)23)14-27-21(25-3)26-13-15-6-8-16(9-7-15)20(29)28(4)5/h6-12H,13-14H2,1-5H3,(H2,25,26,27). The number of hydrogen-bond donors (Lipinski definition) is 2. The molecular formula is C22H28ClFN4O. The largest absolute Gasteiger partial charge is 0.356 e. The van der Waals surface area contributed by atoms with Crippen molar-refractivity contribution in [2.24, 2.45) is 4.99 Å². The summed E-state index contributed by atoms with van der Waals surface area (Å²) < 4.78 is 13.3. The second kappa shape index (κ2) is 9.74. The van der Waals surface area contributed by atoms with Crippen LogP contribution in [-0.4, -0.2) is 44.5 Å². The summed E-state index contributed by atoms with van der Waals surface area (Å²) in [4.78, 5) is 17.8. The zero-order valence-corrected chi connectivity index (χ0v) is 18.3. The van der Waals surface area contributed by atoms with E-state index < -0.39 is 0 Å². The zero-order chi connectivity index (χ0) is 21.6. The van der Waals surface area contributed by atoms with Crippen LogP contribution in [0.2, 0.25) is 5.02 Å². The average molecular weight is 419 g/mol. The van der Waals surface area contributed by atoms with Crippen LogP contribution in [0.25, 0.3) is 0 Å². The highest BCUT2D eigenvalue weighted by atomic mass is 35.5. The number of nitrogens with zero attached hydrogens (tertiary/aromatic N) is 2. The maximum absolute atomic E-state index is 13.3. The topological polar surface area (TPSA) is 56.7 Å². The Labute approximate surface area is 177 Å². The first-order chi connectivity index (χ1) is 13.6. The molecule has 5 nitrogen and oxygen atoms in total. The molecule has 2 aromatic carbocycles. The van der Waals surface area contributed by atoms with Gasteiger partial charge in [-0.15, -0.1) is 0 Å². The van der Waals surface area contributed by atoms with Crippen molar-refractivity contribution in [2.45, 2.75) is 25.8 Å². The number of rotatable bonds is 6. The molecule has 0 fully saturated rings. The lowest BCUT2D eigenvalue weighted by atomic mass is 9.84. The summed E-state index contributed by atoms with van der Waals surface area (Å²) in [5.41, 5.74) is 2.23. The predicted molar refractivity (Wildman–Crippen MR) is 117 cm³/mol. The minimum atomic E-state index is -0.349. The Morgan fingerprint density at radius 1 is 1.14 bits per heavy atom. The van der Waals surface area contributed by atoms with Gasteiger partial charge in [0.1, 0.15) is 5.82 Å². The van der Waals surface area contributed by atoms with Crippen molar-refractivity contribution in [1.82, 2.24) is 15.5 Å². The van der Waals surface area contributed by atoms with E-state index in [1.807, 2.05) is 38.1 Å². The van der Waals surface area contributed by atoms with E-state index in [-0.39, 0.29) is 17.1 Å². The molecular weight excluding hydrogens is 391 g/mol. The van der Waals surface area contributed by atoms with Crippen molar-refractivity contribution in [3.63, 3.8) is 0 Å². The number of carbonyl (C=O) groups is 1. The predicted octanol–water partition coefficient (Wildman–Crippen LogP) is 3.82. The third kappa shape index (κ3) is 6.19. The van der Waals surface area contributed by atoms with Crippen LogP contribution in [-0.2, 0) is 12.0 Å². The van der Waals surface area contributed by atoms with E-state index in [9.17, 15) is 9.18 Å². The molecule has 0 saturated heterocycles. The first-order valence-corrected chi connectivity index (χ1v) is 9.72. The van der Waals surface area contributed by atoms with Crippen molar-refractivity contribution in [3.05, 3.63) is 70.0 Å². The summed E-state index contributed by atoms with van der Waals surface area (Å²) in [6, 6.07) is 11.9. The van der Waals surface area contributed by atoms with E-state index in [1.165, 1.54) is 12.1 Å². The van der Waals surface area contributed by atoms with Crippen molar-refractivity contribution in [2.75, 3.05) is 27.7 Å². The lowest BCUT2D eigenvalue weighted by molar-refractivity contribution is 0.0827. The van der Waals surface area contributed by atoms with Gasteiger partial charge in [0.15, 0.2) is 5.96 Å². The maximum atomic E-state index is 13.3. The van der Waals surface area contributed by atoms with Crippen molar-refractivity contribution >= 4 is 23.5 Å². The van der Waals surface area contributed by atoms with Crippen LogP contribution in [0.1, 0.15) is 35.3 Å². The molecule has 0 aliphatic carbocycles. The molecule has 0 unspecified atom stereocenters. The minimum Gasteiger partial charge on any atom is -0.356 e. The number of carbonyl (C=O) groups excluding carboxylic acids is 1. The molecule has 0 heterocycles. The van der Waals surface area contributed by atoms with Crippen LogP contribution >= 0.6 is 11.6 Å².